The van der Waals surface area contributed by atoms with Crippen molar-refractivity contribution in [3.8, 4) is 0 Å². The molecule has 0 heterocycles. The van der Waals surface area contributed by atoms with Gasteiger partial charge in [-0.1, -0.05) is 26.8 Å². The van der Waals surface area contributed by atoms with Crippen LogP contribution in [0.2, 0.25) is 0 Å². The molecular weight excluding hydrogens is 304 g/mol. The molecule has 0 aromatic rings. The number of esters is 1. The average Bonchev–Trinajstić information content (AvgIpc) is 2.72. The molecule has 2 aliphatic rings. The Labute approximate surface area is 146 Å². The summed E-state index contributed by atoms with van der Waals surface area (Å²) in [6.07, 6.45) is 4.51. The number of rotatable bonds is 3. The third-order valence-corrected chi connectivity index (χ3v) is 6.82. The Kier molecular flexibility index (Phi) is 5.23. The van der Waals surface area contributed by atoms with Crippen LogP contribution in [0.5, 0.6) is 0 Å². The molecule has 0 spiro atoms. The molecule has 0 aromatic carbocycles. The summed E-state index contributed by atoms with van der Waals surface area (Å²) in [6.45, 7) is 11.7. The van der Waals surface area contributed by atoms with Gasteiger partial charge in [0.2, 0.25) is 0 Å². The first-order valence-corrected chi connectivity index (χ1v) is 9.25. The molecule has 4 heteroatoms. The molecule has 0 bridgehead atoms. The number of fused-ring (bicyclic) bond motifs is 1. The first kappa shape index (κ1) is 19.5. The highest BCUT2D eigenvalue weighted by Gasteiger charge is 2.61. The predicted molar refractivity (Wildman–Crippen MR) is 94.4 cm³/mol. The average molecular weight is 338 g/mol. The SMILES string of the molecule is C/C=C(\C)C(=O)O[C@H]1C[C@@]2(C)CCC(C(C)C)C2(O)CC[C@@]1(C)O. The third-order valence-electron chi connectivity index (χ3n) is 6.82. The van der Waals surface area contributed by atoms with Crippen molar-refractivity contribution in [3.05, 3.63) is 11.6 Å². The molecule has 2 unspecified atom stereocenters. The molecule has 2 N–H and O–H groups in total. The lowest BCUT2D eigenvalue weighted by atomic mass is 9.67. The maximum atomic E-state index is 12.2. The van der Waals surface area contributed by atoms with Crippen molar-refractivity contribution in [2.24, 2.45) is 17.3 Å². The van der Waals surface area contributed by atoms with Gasteiger partial charge in [-0.2, -0.15) is 0 Å². The Morgan fingerprint density at radius 1 is 1.21 bits per heavy atom. The van der Waals surface area contributed by atoms with E-state index in [0.29, 0.717) is 30.8 Å². The number of carbonyl (C=O) groups is 1. The second-order valence-corrected chi connectivity index (χ2v) is 8.80. The highest BCUT2D eigenvalue weighted by molar-refractivity contribution is 5.87. The molecule has 0 saturated heterocycles. The van der Waals surface area contributed by atoms with E-state index >= 15 is 0 Å². The number of allylic oxidation sites excluding steroid dienone is 1. The van der Waals surface area contributed by atoms with Gasteiger partial charge in [-0.15, -0.1) is 0 Å². The van der Waals surface area contributed by atoms with Crippen LogP contribution in [0.3, 0.4) is 0 Å². The molecule has 0 aromatic heterocycles. The van der Waals surface area contributed by atoms with Crippen molar-refractivity contribution in [3.63, 3.8) is 0 Å². The molecule has 2 aliphatic carbocycles. The molecule has 0 radical (unpaired) electrons. The highest BCUT2D eigenvalue weighted by atomic mass is 16.6. The number of hydrogen-bond donors (Lipinski definition) is 2. The third kappa shape index (κ3) is 3.15. The lowest BCUT2D eigenvalue weighted by Crippen LogP contribution is -2.48. The van der Waals surface area contributed by atoms with E-state index in [1.54, 1.807) is 26.8 Å². The van der Waals surface area contributed by atoms with Crippen molar-refractivity contribution >= 4 is 5.97 Å². The summed E-state index contributed by atoms with van der Waals surface area (Å²) in [6, 6.07) is 0. The Bertz CT molecular complexity index is 522. The fourth-order valence-electron chi connectivity index (χ4n) is 4.77. The molecule has 2 fully saturated rings. The molecular formula is C20H34O4. The second kappa shape index (κ2) is 6.45. The van der Waals surface area contributed by atoms with Gasteiger partial charge in [-0.25, -0.2) is 4.79 Å². The van der Waals surface area contributed by atoms with Gasteiger partial charge in [0.25, 0.3) is 0 Å². The Hall–Kier alpha value is -0.870. The topological polar surface area (TPSA) is 66.8 Å². The van der Waals surface area contributed by atoms with Crippen LogP contribution in [0, 0.1) is 17.3 Å². The van der Waals surface area contributed by atoms with E-state index in [1.807, 2.05) is 0 Å². The van der Waals surface area contributed by atoms with Crippen LogP contribution >= 0.6 is 0 Å². The van der Waals surface area contributed by atoms with E-state index in [4.69, 9.17) is 4.74 Å². The quantitative estimate of drug-likeness (QED) is 0.609. The summed E-state index contributed by atoms with van der Waals surface area (Å²) in [7, 11) is 0. The highest BCUT2D eigenvalue weighted by Crippen LogP contribution is 2.59. The summed E-state index contributed by atoms with van der Waals surface area (Å²) in [5, 5.41) is 22.5. The Morgan fingerprint density at radius 2 is 1.83 bits per heavy atom. The van der Waals surface area contributed by atoms with E-state index in [-0.39, 0.29) is 17.3 Å². The lowest BCUT2D eigenvalue weighted by molar-refractivity contribution is -0.163. The summed E-state index contributed by atoms with van der Waals surface area (Å²) in [5.74, 6) is 0.242. The van der Waals surface area contributed by atoms with Crippen LogP contribution in [0.1, 0.15) is 73.6 Å². The summed E-state index contributed by atoms with van der Waals surface area (Å²) in [4.78, 5) is 12.2. The number of hydrogen-bond acceptors (Lipinski definition) is 4. The fourth-order valence-corrected chi connectivity index (χ4v) is 4.77. The number of ether oxygens (including phenoxy) is 1. The molecule has 5 atom stereocenters. The first-order chi connectivity index (χ1) is 11.0. The molecule has 4 nitrogen and oxygen atoms in total. The van der Waals surface area contributed by atoms with Crippen molar-refractivity contribution in [2.45, 2.75) is 91.0 Å². The van der Waals surface area contributed by atoms with E-state index in [2.05, 4.69) is 20.8 Å². The maximum Gasteiger partial charge on any atom is 0.333 e. The largest absolute Gasteiger partial charge is 0.456 e. The zero-order chi connectivity index (χ0) is 18.3. The van der Waals surface area contributed by atoms with Gasteiger partial charge in [0, 0.05) is 11.0 Å². The van der Waals surface area contributed by atoms with Crippen molar-refractivity contribution < 1.29 is 19.7 Å². The Morgan fingerprint density at radius 3 is 2.38 bits per heavy atom. The van der Waals surface area contributed by atoms with E-state index in [1.165, 1.54) is 0 Å². The van der Waals surface area contributed by atoms with Gasteiger partial charge in [-0.3, -0.25) is 0 Å². The van der Waals surface area contributed by atoms with E-state index < -0.39 is 17.3 Å². The minimum atomic E-state index is -1.12. The summed E-state index contributed by atoms with van der Waals surface area (Å²) >= 11 is 0. The Balaban J connectivity index is 2.32. The summed E-state index contributed by atoms with van der Waals surface area (Å²) in [5.41, 5.74) is -1.71. The fraction of sp³-hybridized carbons (Fsp3) is 0.850. The standard InChI is InChI=1S/C20H34O4/c1-7-14(4)17(21)24-16-12-18(5)9-8-15(13(2)3)20(18,23)11-10-19(16,6)22/h7,13,15-16,22-23H,8-12H2,1-6H3/b14-7+/t15?,16-,18+,19+,20?/m0/s1. The van der Waals surface area contributed by atoms with Gasteiger partial charge < -0.3 is 14.9 Å². The van der Waals surface area contributed by atoms with Gasteiger partial charge in [0.15, 0.2) is 0 Å². The smallest absolute Gasteiger partial charge is 0.333 e. The molecule has 24 heavy (non-hydrogen) atoms. The van der Waals surface area contributed by atoms with Crippen LogP contribution in [0.15, 0.2) is 11.6 Å². The van der Waals surface area contributed by atoms with Crippen LogP contribution < -0.4 is 0 Å². The van der Waals surface area contributed by atoms with Gasteiger partial charge >= 0.3 is 5.97 Å². The zero-order valence-electron chi connectivity index (χ0n) is 16.1. The van der Waals surface area contributed by atoms with Crippen LogP contribution in [-0.4, -0.2) is 33.5 Å². The van der Waals surface area contributed by atoms with Crippen molar-refractivity contribution in [1.29, 1.82) is 0 Å². The first-order valence-electron chi connectivity index (χ1n) is 9.25. The summed E-state index contributed by atoms with van der Waals surface area (Å²) < 4.78 is 5.69. The van der Waals surface area contributed by atoms with Crippen molar-refractivity contribution in [1.82, 2.24) is 0 Å². The predicted octanol–water partition coefficient (Wildman–Crippen LogP) is 3.60. The number of carbonyl (C=O) groups excluding carboxylic acids is 1. The normalized spacial score (nSPS) is 43.5. The van der Waals surface area contributed by atoms with Gasteiger partial charge in [-0.05, 0) is 64.7 Å². The monoisotopic (exact) mass is 338 g/mol. The van der Waals surface area contributed by atoms with E-state index in [0.717, 1.165) is 12.8 Å². The van der Waals surface area contributed by atoms with Gasteiger partial charge in [0.1, 0.15) is 6.10 Å². The molecule has 2 saturated carbocycles. The molecule has 138 valence electrons. The molecule has 2 rings (SSSR count). The van der Waals surface area contributed by atoms with Crippen molar-refractivity contribution in [2.75, 3.05) is 0 Å². The maximum absolute atomic E-state index is 12.2. The lowest BCUT2D eigenvalue weighted by Gasteiger charge is -2.43. The van der Waals surface area contributed by atoms with Crippen LogP contribution in [-0.2, 0) is 9.53 Å². The zero-order valence-corrected chi connectivity index (χ0v) is 16.1. The number of aliphatic hydroxyl groups is 2. The minimum Gasteiger partial charge on any atom is -0.456 e. The van der Waals surface area contributed by atoms with E-state index in [9.17, 15) is 15.0 Å². The molecule has 0 amide bonds. The second-order valence-electron chi connectivity index (χ2n) is 8.80. The van der Waals surface area contributed by atoms with Crippen LogP contribution in [0.4, 0.5) is 0 Å². The van der Waals surface area contributed by atoms with Crippen LogP contribution in [0.25, 0.3) is 0 Å². The van der Waals surface area contributed by atoms with Gasteiger partial charge in [0.05, 0.1) is 11.2 Å². The minimum absolute atomic E-state index is 0.227. The molecule has 0 aliphatic heterocycles.